The van der Waals surface area contributed by atoms with Crippen molar-refractivity contribution in [3.63, 3.8) is 0 Å². The van der Waals surface area contributed by atoms with Crippen molar-refractivity contribution in [2.45, 2.75) is 72.1 Å². The van der Waals surface area contributed by atoms with Gasteiger partial charge >= 0.3 is 6.71 Å². The highest BCUT2D eigenvalue weighted by Crippen LogP contribution is 2.54. The first kappa shape index (κ1) is 48.0. The van der Waals surface area contributed by atoms with Gasteiger partial charge in [-0.3, -0.25) is 0 Å². The van der Waals surface area contributed by atoms with E-state index in [1.807, 2.05) is 24.3 Å². The minimum Gasteiger partial charge on any atom is -0.468 e. The van der Waals surface area contributed by atoms with E-state index in [9.17, 15) is 0 Å². The second kappa shape index (κ2) is 17.7. The molecule has 0 amide bonds. The first-order valence-electron chi connectivity index (χ1n) is 28.0. The lowest BCUT2D eigenvalue weighted by Gasteiger charge is -2.42. The molecule has 0 atom stereocenters. The molecule has 0 saturated carbocycles. The van der Waals surface area contributed by atoms with Crippen LogP contribution in [0.5, 0.6) is 0 Å². The van der Waals surface area contributed by atoms with Gasteiger partial charge in [0.05, 0.1) is 22.7 Å². The van der Waals surface area contributed by atoms with E-state index in [4.69, 9.17) is 17.7 Å². The number of fused-ring (bicyclic) bond motifs is 10. The molecule has 0 bridgehead atoms. The van der Waals surface area contributed by atoms with Crippen LogP contribution in [0.1, 0.15) is 78.0 Å². The van der Waals surface area contributed by atoms with Crippen LogP contribution in [0.3, 0.4) is 0 Å². The Hall–Kier alpha value is -9.20. The number of rotatable bonds is 7. The van der Waals surface area contributed by atoms with Gasteiger partial charge in [0, 0.05) is 55.2 Å². The average Bonchev–Trinajstić information content (AvgIpc) is 4.35. The molecule has 9 aromatic carbocycles. The summed E-state index contributed by atoms with van der Waals surface area (Å²) in [6.07, 6.45) is 0. The molecule has 80 heavy (non-hydrogen) atoms. The molecule has 15 rings (SSSR count). The Kier molecular flexibility index (Phi) is 10.6. The zero-order valence-electron chi connectivity index (χ0n) is 46.3. The zero-order chi connectivity index (χ0) is 54.3. The maximum Gasteiger partial charge on any atom is 0.342 e. The van der Waals surface area contributed by atoms with Gasteiger partial charge in [-0.15, -0.1) is 0 Å². The third-order valence-corrected chi connectivity index (χ3v) is 16.7. The van der Waals surface area contributed by atoms with Crippen LogP contribution in [0.25, 0.3) is 88.8 Å². The third kappa shape index (κ3) is 7.54. The lowest BCUT2D eigenvalue weighted by molar-refractivity contribution is 0.590. The molecule has 6 nitrogen and oxygen atoms in total. The Morgan fingerprint density at radius 3 is 1.21 bits per heavy atom. The summed E-state index contributed by atoms with van der Waals surface area (Å²) in [5.74, 6) is 1.75. The molecule has 0 spiro atoms. The minimum atomic E-state index is -0.438. The smallest absolute Gasteiger partial charge is 0.342 e. The lowest BCUT2D eigenvalue weighted by atomic mass is 9.37. The van der Waals surface area contributed by atoms with Crippen LogP contribution in [-0.2, 0) is 10.8 Å². The van der Waals surface area contributed by atoms with Crippen molar-refractivity contribution in [2.75, 3.05) is 9.80 Å². The van der Waals surface area contributed by atoms with Gasteiger partial charge in [-0.05, 0) is 123 Å². The Morgan fingerprint density at radius 1 is 0.375 bits per heavy atom. The Labute approximate surface area is 466 Å². The molecular formula is C73H59BN2O4. The van der Waals surface area contributed by atoms with E-state index in [0.717, 1.165) is 140 Å². The van der Waals surface area contributed by atoms with Crippen molar-refractivity contribution in [3.8, 4) is 44.9 Å². The quantitative estimate of drug-likeness (QED) is 0.148. The van der Waals surface area contributed by atoms with Crippen LogP contribution in [0.15, 0.2) is 224 Å². The van der Waals surface area contributed by atoms with Gasteiger partial charge in [0.2, 0.25) is 0 Å². The van der Waals surface area contributed by atoms with Crippen LogP contribution < -0.4 is 26.6 Å². The van der Waals surface area contributed by atoms with Gasteiger partial charge in [-0.2, -0.15) is 0 Å². The van der Waals surface area contributed by atoms with E-state index in [0.29, 0.717) is 0 Å². The SMILES string of the molecule is CC(C)c1cc2c3c(c1)N(c1cc(-c4cc5ccccc5o4)ccc1-c1ccccc1)c1c(oc4ccc(C(C)(C)C)cc14)B3c1oc3ccc(C(C)(C)C)cc3c1N2c1cc(-c2cc3ccccc3o2)ccc1-c1ccccc1. The molecule has 388 valence electrons. The molecule has 13 aromatic rings. The summed E-state index contributed by atoms with van der Waals surface area (Å²) < 4.78 is 28.5. The molecule has 2 aliphatic rings. The second-order valence-corrected chi connectivity index (χ2v) is 24.3. The molecule has 4 aromatic heterocycles. The highest BCUT2D eigenvalue weighted by molar-refractivity contribution is 6.99. The van der Waals surface area contributed by atoms with Gasteiger partial charge in [0.25, 0.3) is 0 Å². The summed E-state index contributed by atoms with van der Waals surface area (Å²) in [5, 5.41) is 4.21. The number of nitrogens with zero attached hydrogens (tertiary/aromatic N) is 2. The van der Waals surface area contributed by atoms with Crippen molar-refractivity contribution >= 4 is 101 Å². The van der Waals surface area contributed by atoms with Crippen LogP contribution in [0, 0.1) is 0 Å². The summed E-state index contributed by atoms with van der Waals surface area (Å²) in [5.41, 5.74) is 21.9. The lowest BCUT2D eigenvalue weighted by Crippen LogP contribution is -2.60. The van der Waals surface area contributed by atoms with E-state index < -0.39 is 6.71 Å². The summed E-state index contributed by atoms with van der Waals surface area (Å²) in [4.78, 5) is 5.05. The monoisotopic (exact) mass is 1040 g/mol. The van der Waals surface area contributed by atoms with E-state index in [2.05, 4.69) is 247 Å². The van der Waals surface area contributed by atoms with Gasteiger partial charge in [0.1, 0.15) is 45.2 Å². The van der Waals surface area contributed by atoms with Gasteiger partial charge in [-0.1, -0.05) is 189 Å². The van der Waals surface area contributed by atoms with Crippen LogP contribution in [-0.4, -0.2) is 6.71 Å². The first-order valence-corrected chi connectivity index (χ1v) is 28.0. The normalized spacial score (nSPS) is 13.3. The highest BCUT2D eigenvalue weighted by Gasteiger charge is 2.51. The van der Waals surface area contributed by atoms with Crippen molar-refractivity contribution < 1.29 is 17.7 Å². The van der Waals surface area contributed by atoms with Crippen molar-refractivity contribution in [1.29, 1.82) is 0 Å². The average molecular weight is 1040 g/mol. The number of hydrogen-bond acceptors (Lipinski definition) is 6. The maximum absolute atomic E-state index is 7.56. The second-order valence-electron chi connectivity index (χ2n) is 24.3. The van der Waals surface area contributed by atoms with E-state index in [-0.39, 0.29) is 16.7 Å². The predicted octanol–water partition coefficient (Wildman–Crippen LogP) is 19.1. The summed E-state index contributed by atoms with van der Waals surface area (Å²) in [6, 6.07) is 74.5. The molecule has 2 aliphatic heterocycles. The fraction of sp³-hybridized carbons (Fsp3) is 0.151. The van der Waals surface area contributed by atoms with Gasteiger partial charge < -0.3 is 27.5 Å². The standard InChI is InChI=1S/C73H59BN2O4/c1-43(2)50-37-59-67-60(38-50)76(58-36-49(28-32-54(58)45-21-13-10-14-22-45)66-40-47-24-16-18-26-62(47)78-66)69-56-42-52(73(6,7)8)30-34-64(56)80-71(69)74(67)70-68(55-41-51(72(3,4)5)29-33-63(55)79-70)75(59)57-35-48(27-31-53(57)44-19-11-9-12-20-44)65-39-46-23-15-17-25-61(46)77-65/h9-43H,1-8H3. The minimum absolute atomic E-state index is 0.139. The number of hydrogen-bond donors (Lipinski definition) is 0. The molecule has 0 aliphatic carbocycles. The molecule has 6 heterocycles. The first-order chi connectivity index (χ1) is 38.7. The highest BCUT2D eigenvalue weighted by atomic mass is 16.4. The fourth-order valence-electron chi connectivity index (χ4n) is 12.5. The topological polar surface area (TPSA) is 59.0 Å². The van der Waals surface area contributed by atoms with Crippen LogP contribution >= 0.6 is 0 Å². The number of benzene rings is 9. The largest absolute Gasteiger partial charge is 0.468 e. The summed E-state index contributed by atoms with van der Waals surface area (Å²) in [6.45, 7) is 17.9. The van der Waals surface area contributed by atoms with Crippen LogP contribution in [0.4, 0.5) is 34.1 Å². The van der Waals surface area contributed by atoms with E-state index >= 15 is 0 Å². The molecule has 0 fully saturated rings. The molecular weight excluding hydrogens is 980 g/mol. The summed E-state index contributed by atoms with van der Waals surface area (Å²) >= 11 is 0. The van der Waals surface area contributed by atoms with Gasteiger partial charge in [-0.25, -0.2) is 0 Å². The number of furan rings is 4. The predicted molar refractivity (Wildman–Crippen MR) is 333 cm³/mol. The zero-order valence-corrected chi connectivity index (χ0v) is 46.3. The Bertz CT molecular complexity index is 4260. The van der Waals surface area contributed by atoms with E-state index in [1.165, 1.54) is 16.7 Å². The Morgan fingerprint density at radius 2 is 0.800 bits per heavy atom. The third-order valence-electron chi connectivity index (χ3n) is 16.7. The van der Waals surface area contributed by atoms with Crippen molar-refractivity contribution in [2.24, 2.45) is 0 Å². The fourth-order valence-corrected chi connectivity index (χ4v) is 12.5. The van der Waals surface area contributed by atoms with Crippen molar-refractivity contribution in [1.82, 2.24) is 0 Å². The molecule has 0 radical (unpaired) electrons. The summed E-state index contributed by atoms with van der Waals surface area (Å²) in [7, 11) is 0. The Balaban J connectivity index is 1.10. The molecule has 7 heteroatoms. The van der Waals surface area contributed by atoms with Gasteiger partial charge in [0.15, 0.2) is 0 Å². The molecule has 0 saturated heterocycles. The molecule has 0 unspecified atom stereocenters. The number of anilines is 6. The van der Waals surface area contributed by atoms with Crippen molar-refractivity contribution in [3.05, 3.63) is 223 Å². The maximum atomic E-state index is 7.56. The molecule has 0 N–H and O–H groups in total. The van der Waals surface area contributed by atoms with Crippen LogP contribution in [0.2, 0.25) is 0 Å². The number of para-hydroxylation sites is 2. The van der Waals surface area contributed by atoms with E-state index in [1.54, 1.807) is 0 Å².